The molecule has 0 aliphatic carbocycles. The van der Waals surface area contributed by atoms with Crippen molar-refractivity contribution in [3.8, 4) is 22.9 Å². The van der Waals surface area contributed by atoms with Crippen molar-refractivity contribution < 1.29 is 14.3 Å². The van der Waals surface area contributed by atoms with Crippen molar-refractivity contribution in [2.75, 3.05) is 26.1 Å². The quantitative estimate of drug-likeness (QED) is 0.439. The number of carbonyl (C=O) groups is 1. The van der Waals surface area contributed by atoms with Gasteiger partial charge in [-0.25, -0.2) is 0 Å². The molecule has 0 atom stereocenters. The highest BCUT2D eigenvalue weighted by Crippen LogP contribution is 2.40. The van der Waals surface area contributed by atoms with Crippen LogP contribution in [0.3, 0.4) is 0 Å². The Kier molecular flexibility index (Phi) is 4.67. The zero-order valence-corrected chi connectivity index (χ0v) is 17.6. The molecule has 0 fully saturated rings. The zero-order chi connectivity index (χ0) is 21.5. The molecule has 0 saturated heterocycles. The first-order chi connectivity index (χ1) is 15.1. The number of aromatic nitrogens is 4. The van der Waals surface area contributed by atoms with Gasteiger partial charge in [0.2, 0.25) is 0 Å². The lowest BCUT2D eigenvalue weighted by molar-refractivity contribution is 0.0925. The second-order valence-corrected chi connectivity index (χ2v) is 7.36. The van der Waals surface area contributed by atoms with Gasteiger partial charge in [0.15, 0.2) is 11.6 Å². The molecule has 9 nitrogen and oxygen atoms in total. The number of ether oxygens (including phenoxy) is 2. The van der Waals surface area contributed by atoms with Crippen LogP contribution in [0.1, 0.15) is 10.5 Å². The summed E-state index contributed by atoms with van der Waals surface area (Å²) < 4.78 is 12.5. The van der Waals surface area contributed by atoms with E-state index in [0.717, 1.165) is 16.6 Å². The van der Waals surface area contributed by atoms with Gasteiger partial charge in [-0.3, -0.25) is 14.5 Å². The molecule has 1 aliphatic rings. The molecule has 4 heterocycles. The van der Waals surface area contributed by atoms with Gasteiger partial charge in [0, 0.05) is 24.4 Å². The number of para-hydroxylation sites is 1. The van der Waals surface area contributed by atoms with Crippen LogP contribution in [0.15, 0.2) is 36.5 Å². The van der Waals surface area contributed by atoms with Crippen molar-refractivity contribution in [1.82, 2.24) is 25.1 Å². The molecule has 1 aromatic carbocycles. The van der Waals surface area contributed by atoms with Crippen LogP contribution in [0, 0.1) is 0 Å². The number of nitrogens with one attached hydrogen (secondary N) is 3. The molecule has 31 heavy (non-hydrogen) atoms. The largest absolute Gasteiger partial charge is 0.493 e. The standard InChI is InChI=1S/C21H19ClN6O3/c1-30-15-10-14-16(26-15)11(6-7-23-14)17-18(19-21(29)24-8-9-28(19)27-17)25-13-5-3-4-12(22)20(13)31-2/h3-7,10,25-26H,8-9H2,1-2H3,(H,24,29). The van der Waals surface area contributed by atoms with Crippen molar-refractivity contribution in [1.29, 1.82) is 0 Å². The number of pyridine rings is 1. The number of hydrogen-bond donors (Lipinski definition) is 3. The van der Waals surface area contributed by atoms with Crippen LogP contribution < -0.4 is 20.1 Å². The summed E-state index contributed by atoms with van der Waals surface area (Å²) in [6.07, 6.45) is 1.70. The molecule has 3 aromatic heterocycles. The lowest BCUT2D eigenvalue weighted by Gasteiger charge is -2.17. The number of fused-ring (bicyclic) bond motifs is 2. The van der Waals surface area contributed by atoms with Crippen LogP contribution in [0.25, 0.3) is 22.3 Å². The van der Waals surface area contributed by atoms with E-state index in [9.17, 15) is 4.79 Å². The first-order valence-corrected chi connectivity index (χ1v) is 9.99. The maximum atomic E-state index is 12.8. The molecule has 0 saturated carbocycles. The van der Waals surface area contributed by atoms with E-state index in [1.807, 2.05) is 24.3 Å². The second kappa shape index (κ2) is 7.51. The Bertz CT molecular complexity index is 1310. The fourth-order valence-electron chi connectivity index (χ4n) is 3.78. The van der Waals surface area contributed by atoms with Crippen LogP contribution >= 0.6 is 11.6 Å². The molecule has 0 radical (unpaired) electrons. The molecule has 0 unspecified atom stereocenters. The van der Waals surface area contributed by atoms with E-state index in [0.29, 0.717) is 52.5 Å². The normalized spacial score (nSPS) is 13.1. The lowest BCUT2D eigenvalue weighted by Crippen LogP contribution is -2.35. The number of H-pyrrole nitrogens is 1. The van der Waals surface area contributed by atoms with Gasteiger partial charge < -0.3 is 25.1 Å². The Morgan fingerprint density at radius 2 is 2.10 bits per heavy atom. The first kappa shape index (κ1) is 19.3. The van der Waals surface area contributed by atoms with Crippen LogP contribution in [-0.2, 0) is 6.54 Å². The van der Waals surface area contributed by atoms with E-state index in [2.05, 4.69) is 20.6 Å². The fraction of sp³-hybridized carbons (Fsp3) is 0.190. The van der Waals surface area contributed by atoms with E-state index in [1.54, 1.807) is 31.2 Å². The minimum absolute atomic E-state index is 0.206. The number of benzene rings is 1. The molecule has 0 spiro atoms. The molecule has 5 rings (SSSR count). The Labute approximate surface area is 182 Å². The fourth-order valence-corrected chi connectivity index (χ4v) is 4.03. The van der Waals surface area contributed by atoms with E-state index in [-0.39, 0.29) is 5.91 Å². The van der Waals surface area contributed by atoms with Gasteiger partial charge in [-0.05, 0) is 18.2 Å². The molecule has 0 bridgehead atoms. The van der Waals surface area contributed by atoms with Gasteiger partial charge in [0.05, 0.1) is 48.2 Å². The maximum Gasteiger partial charge on any atom is 0.271 e. The average Bonchev–Trinajstić information content (AvgIpc) is 3.36. The molecule has 10 heteroatoms. The number of nitrogens with zero attached hydrogens (tertiary/aromatic N) is 3. The summed E-state index contributed by atoms with van der Waals surface area (Å²) in [5.41, 5.74) is 4.50. The number of carbonyl (C=O) groups excluding carboxylic acids is 1. The van der Waals surface area contributed by atoms with Gasteiger partial charge in [-0.2, -0.15) is 5.10 Å². The van der Waals surface area contributed by atoms with Crippen LogP contribution in [0.2, 0.25) is 5.02 Å². The Morgan fingerprint density at radius 3 is 2.90 bits per heavy atom. The smallest absolute Gasteiger partial charge is 0.271 e. The third kappa shape index (κ3) is 3.14. The second-order valence-electron chi connectivity index (χ2n) is 6.95. The van der Waals surface area contributed by atoms with Crippen molar-refractivity contribution in [3.63, 3.8) is 0 Å². The first-order valence-electron chi connectivity index (χ1n) is 9.61. The molecule has 4 aromatic rings. The Balaban J connectivity index is 1.74. The molecule has 158 valence electrons. The summed E-state index contributed by atoms with van der Waals surface area (Å²) in [5.74, 6) is 0.859. The zero-order valence-electron chi connectivity index (χ0n) is 16.8. The highest BCUT2D eigenvalue weighted by Gasteiger charge is 2.29. The number of hydrogen-bond acceptors (Lipinski definition) is 6. The number of rotatable bonds is 5. The number of halogens is 1. The topological polar surface area (TPSA) is 106 Å². The van der Waals surface area contributed by atoms with Crippen molar-refractivity contribution in [3.05, 3.63) is 47.2 Å². The van der Waals surface area contributed by atoms with Crippen LogP contribution in [0.5, 0.6) is 11.6 Å². The van der Waals surface area contributed by atoms with Crippen LogP contribution in [-0.4, -0.2) is 46.4 Å². The van der Waals surface area contributed by atoms with E-state index in [4.69, 9.17) is 26.2 Å². The number of anilines is 2. The Morgan fingerprint density at radius 1 is 1.23 bits per heavy atom. The average molecular weight is 439 g/mol. The van der Waals surface area contributed by atoms with Gasteiger partial charge in [0.1, 0.15) is 11.4 Å². The van der Waals surface area contributed by atoms with E-state index >= 15 is 0 Å². The molecule has 1 amide bonds. The molecular formula is C21H19ClN6O3. The van der Waals surface area contributed by atoms with Crippen molar-refractivity contribution >= 4 is 39.9 Å². The highest BCUT2D eigenvalue weighted by molar-refractivity contribution is 6.32. The molecule has 3 N–H and O–H groups in total. The summed E-state index contributed by atoms with van der Waals surface area (Å²) in [5, 5.41) is 11.4. The summed E-state index contributed by atoms with van der Waals surface area (Å²) in [6, 6.07) is 9.05. The monoisotopic (exact) mass is 438 g/mol. The summed E-state index contributed by atoms with van der Waals surface area (Å²) in [4.78, 5) is 20.4. The minimum Gasteiger partial charge on any atom is -0.493 e. The maximum absolute atomic E-state index is 12.8. The number of aromatic amines is 1. The highest BCUT2D eigenvalue weighted by atomic mass is 35.5. The third-order valence-electron chi connectivity index (χ3n) is 5.18. The van der Waals surface area contributed by atoms with Gasteiger partial charge >= 0.3 is 0 Å². The lowest BCUT2D eigenvalue weighted by atomic mass is 10.1. The minimum atomic E-state index is -0.206. The van der Waals surface area contributed by atoms with Crippen molar-refractivity contribution in [2.45, 2.75) is 6.54 Å². The molecule has 1 aliphatic heterocycles. The van der Waals surface area contributed by atoms with Gasteiger partial charge in [-0.1, -0.05) is 17.7 Å². The summed E-state index contributed by atoms with van der Waals surface area (Å²) in [6.45, 7) is 1.07. The van der Waals surface area contributed by atoms with Gasteiger partial charge in [-0.15, -0.1) is 0 Å². The predicted molar refractivity (Wildman–Crippen MR) is 117 cm³/mol. The third-order valence-corrected chi connectivity index (χ3v) is 5.48. The number of methoxy groups -OCH3 is 2. The van der Waals surface area contributed by atoms with Crippen LogP contribution in [0.4, 0.5) is 11.4 Å². The predicted octanol–water partition coefficient (Wildman–Crippen LogP) is 3.58. The Hall–Kier alpha value is -3.72. The van der Waals surface area contributed by atoms with Gasteiger partial charge in [0.25, 0.3) is 5.91 Å². The number of amides is 1. The summed E-state index contributed by atoms with van der Waals surface area (Å²) >= 11 is 6.30. The summed E-state index contributed by atoms with van der Waals surface area (Å²) in [7, 11) is 3.13. The van der Waals surface area contributed by atoms with Crippen molar-refractivity contribution in [2.24, 2.45) is 0 Å². The molecular weight excluding hydrogens is 420 g/mol. The SMILES string of the molecule is COc1cc2nccc(-c3nn4c(c3Nc3cccc(Cl)c3OC)C(=O)NCC4)c2[nH]1. The van der Waals surface area contributed by atoms with E-state index < -0.39 is 0 Å². The van der Waals surface area contributed by atoms with E-state index in [1.165, 1.54) is 0 Å².